The van der Waals surface area contributed by atoms with Crippen LogP contribution in [-0.2, 0) is 6.42 Å². The maximum atomic E-state index is 4.67. The molecule has 118 valence electrons. The van der Waals surface area contributed by atoms with Crippen molar-refractivity contribution in [2.75, 3.05) is 23.3 Å². The van der Waals surface area contributed by atoms with Crippen LogP contribution in [-0.4, -0.2) is 38.7 Å². The van der Waals surface area contributed by atoms with Gasteiger partial charge in [0.25, 0.3) is 0 Å². The molecular formula is C15H22N6S. The molecule has 22 heavy (non-hydrogen) atoms. The molecule has 1 aliphatic heterocycles. The Kier molecular flexibility index (Phi) is 4.82. The van der Waals surface area contributed by atoms with E-state index in [4.69, 9.17) is 0 Å². The van der Waals surface area contributed by atoms with Crippen LogP contribution < -0.4 is 10.2 Å². The Bertz CT molecular complexity index is 577. The van der Waals surface area contributed by atoms with Crippen LogP contribution in [0.3, 0.4) is 0 Å². The van der Waals surface area contributed by atoms with Gasteiger partial charge in [-0.2, -0.15) is 9.47 Å². The quantitative estimate of drug-likeness (QED) is 0.914. The number of aromatic nitrogens is 4. The van der Waals surface area contributed by atoms with Crippen LogP contribution in [0.4, 0.5) is 10.9 Å². The van der Waals surface area contributed by atoms with Gasteiger partial charge in [0.1, 0.15) is 11.6 Å². The molecule has 0 bridgehead atoms. The van der Waals surface area contributed by atoms with Gasteiger partial charge < -0.3 is 10.2 Å². The van der Waals surface area contributed by atoms with E-state index in [9.17, 15) is 0 Å². The van der Waals surface area contributed by atoms with Crippen LogP contribution in [0, 0.1) is 5.92 Å². The van der Waals surface area contributed by atoms with Crippen molar-refractivity contribution in [3.63, 3.8) is 0 Å². The third-order valence-corrected chi connectivity index (χ3v) is 4.55. The molecule has 3 heterocycles. The zero-order valence-electron chi connectivity index (χ0n) is 13.1. The lowest BCUT2D eigenvalue weighted by Gasteiger charge is -2.32. The summed E-state index contributed by atoms with van der Waals surface area (Å²) in [5.41, 5.74) is 0. The average molecular weight is 318 g/mol. The van der Waals surface area contributed by atoms with Crippen molar-refractivity contribution in [3.05, 3.63) is 24.2 Å². The number of piperidine rings is 1. The van der Waals surface area contributed by atoms with Gasteiger partial charge in [0.05, 0.1) is 0 Å². The molecule has 1 aliphatic rings. The second-order valence-corrected chi connectivity index (χ2v) is 6.84. The highest BCUT2D eigenvalue weighted by molar-refractivity contribution is 7.09. The molecule has 0 saturated carbocycles. The van der Waals surface area contributed by atoms with E-state index in [1.807, 2.05) is 12.1 Å². The molecule has 0 atom stereocenters. The van der Waals surface area contributed by atoms with E-state index in [2.05, 4.69) is 43.6 Å². The van der Waals surface area contributed by atoms with Crippen molar-refractivity contribution in [1.29, 1.82) is 0 Å². The number of anilines is 2. The third kappa shape index (κ3) is 3.91. The average Bonchev–Trinajstić information content (AvgIpc) is 2.97. The Balaban J connectivity index is 1.52. The first-order valence-electron chi connectivity index (χ1n) is 7.82. The highest BCUT2D eigenvalue weighted by Crippen LogP contribution is 2.23. The number of rotatable bonds is 5. The summed E-state index contributed by atoms with van der Waals surface area (Å²) in [5, 5.41) is 12.5. The molecule has 0 spiro atoms. The lowest BCUT2D eigenvalue weighted by atomic mass is 10.1. The molecule has 1 N–H and O–H groups in total. The van der Waals surface area contributed by atoms with Crippen molar-refractivity contribution in [2.24, 2.45) is 5.92 Å². The van der Waals surface area contributed by atoms with Crippen LogP contribution in [0.2, 0.25) is 0 Å². The van der Waals surface area contributed by atoms with Crippen molar-refractivity contribution in [1.82, 2.24) is 19.6 Å². The second kappa shape index (κ2) is 7.00. The van der Waals surface area contributed by atoms with Gasteiger partial charge >= 0.3 is 0 Å². The van der Waals surface area contributed by atoms with Crippen molar-refractivity contribution in [2.45, 2.75) is 39.2 Å². The van der Waals surface area contributed by atoms with E-state index in [1.54, 1.807) is 6.20 Å². The highest BCUT2D eigenvalue weighted by Gasteiger charge is 2.22. The first-order chi connectivity index (χ1) is 10.7. The van der Waals surface area contributed by atoms with E-state index in [1.165, 1.54) is 11.5 Å². The number of nitrogens with zero attached hydrogens (tertiary/aromatic N) is 5. The molecule has 0 aromatic carbocycles. The number of hydrogen-bond donors (Lipinski definition) is 1. The Morgan fingerprint density at radius 2 is 2.18 bits per heavy atom. The molecule has 2 aromatic rings. The predicted molar refractivity (Wildman–Crippen MR) is 89.3 cm³/mol. The molecule has 2 aromatic heterocycles. The van der Waals surface area contributed by atoms with Gasteiger partial charge in [-0.05, 0) is 30.9 Å². The molecule has 1 saturated heterocycles. The minimum absolute atomic E-state index is 0.455. The molecule has 1 fully saturated rings. The molecule has 0 unspecified atom stereocenters. The molecule has 0 radical (unpaired) electrons. The van der Waals surface area contributed by atoms with Crippen molar-refractivity contribution >= 4 is 22.5 Å². The molecular weight excluding hydrogens is 296 g/mol. The third-order valence-electron chi connectivity index (χ3n) is 3.74. The van der Waals surface area contributed by atoms with Crippen LogP contribution in [0.1, 0.15) is 32.5 Å². The molecule has 3 rings (SSSR count). The number of nitrogens with one attached hydrogen (secondary N) is 1. The summed E-state index contributed by atoms with van der Waals surface area (Å²) in [4.78, 5) is 7.02. The fraction of sp³-hybridized carbons (Fsp3) is 0.600. The highest BCUT2D eigenvalue weighted by atomic mass is 32.1. The second-order valence-electron chi connectivity index (χ2n) is 6.11. The van der Waals surface area contributed by atoms with Gasteiger partial charge in [0.2, 0.25) is 5.13 Å². The minimum atomic E-state index is 0.455. The first-order valence-corrected chi connectivity index (χ1v) is 8.60. The van der Waals surface area contributed by atoms with Crippen molar-refractivity contribution < 1.29 is 0 Å². The zero-order valence-corrected chi connectivity index (χ0v) is 13.9. The Hall–Kier alpha value is -1.76. The fourth-order valence-corrected chi connectivity index (χ4v) is 3.37. The summed E-state index contributed by atoms with van der Waals surface area (Å²) in [6, 6.07) is 4.32. The standard InChI is InChI=1S/C15H22N6S/c1-11(2)10-14-18-15(22-20-14)21-8-5-12(6-9-21)17-13-4-3-7-16-19-13/h3-4,7,11-12H,5-6,8-10H2,1-2H3,(H,17,19). The summed E-state index contributed by atoms with van der Waals surface area (Å²) in [6.07, 6.45) is 4.81. The summed E-state index contributed by atoms with van der Waals surface area (Å²) < 4.78 is 4.47. The Labute approximate surface area is 135 Å². The lowest BCUT2D eigenvalue weighted by Crippen LogP contribution is -2.39. The molecule has 0 amide bonds. The SMILES string of the molecule is CC(C)Cc1nsc(N2CCC(Nc3cccnn3)CC2)n1. The van der Waals surface area contributed by atoms with E-state index >= 15 is 0 Å². The minimum Gasteiger partial charge on any atom is -0.366 e. The van der Waals surface area contributed by atoms with Gasteiger partial charge in [-0.1, -0.05) is 13.8 Å². The van der Waals surface area contributed by atoms with Crippen molar-refractivity contribution in [3.8, 4) is 0 Å². The molecule has 6 nitrogen and oxygen atoms in total. The largest absolute Gasteiger partial charge is 0.366 e. The summed E-state index contributed by atoms with van der Waals surface area (Å²) >= 11 is 1.53. The van der Waals surface area contributed by atoms with Gasteiger partial charge in [0.15, 0.2) is 0 Å². The topological polar surface area (TPSA) is 66.8 Å². The normalized spacial score (nSPS) is 16.2. The first kappa shape index (κ1) is 15.1. The van der Waals surface area contributed by atoms with E-state index in [-0.39, 0.29) is 0 Å². The van der Waals surface area contributed by atoms with Gasteiger partial charge in [-0.25, -0.2) is 4.98 Å². The monoisotopic (exact) mass is 318 g/mol. The maximum Gasteiger partial charge on any atom is 0.205 e. The van der Waals surface area contributed by atoms with Gasteiger partial charge in [-0.3, -0.25) is 0 Å². The Morgan fingerprint density at radius 3 is 2.86 bits per heavy atom. The van der Waals surface area contributed by atoms with E-state index < -0.39 is 0 Å². The smallest absolute Gasteiger partial charge is 0.205 e. The van der Waals surface area contributed by atoms with Crippen LogP contribution in [0.25, 0.3) is 0 Å². The van der Waals surface area contributed by atoms with Crippen LogP contribution >= 0.6 is 11.5 Å². The zero-order chi connectivity index (χ0) is 15.4. The number of hydrogen-bond acceptors (Lipinski definition) is 7. The molecule has 7 heteroatoms. The maximum absolute atomic E-state index is 4.67. The van der Waals surface area contributed by atoms with Crippen LogP contribution in [0.15, 0.2) is 18.3 Å². The summed E-state index contributed by atoms with van der Waals surface area (Å²) in [6.45, 7) is 6.41. The summed E-state index contributed by atoms with van der Waals surface area (Å²) in [5.74, 6) is 2.44. The van der Waals surface area contributed by atoms with Gasteiger partial charge in [0, 0.05) is 43.3 Å². The Morgan fingerprint density at radius 1 is 1.36 bits per heavy atom. The van der Waals surface area contributed by atoms with E-state index in [0.29, 0.717) is 12.0 Å². The van der Waals surface area contributed by atoms with Gasteiger partial charge in [-0.15, -0.1) is 5.10 Å². The lowest BCUT2D eigenvalue weighted by molar-refractivity contribution is 0.523. The fourth-order valence-electron chi connectivity index (χ4n) is 2.62. The van der Waals surface area contributed by atoms with Crippen LogP contribution in [0.5, 0.6) is 0 Å². The molecule has 0 aliphatic carbocycles. The summed E-state index contributed by atoms with van der Waals surface area (Å²) in [7, 11) is 0. The van der Waals surface area contributed by atoms with E-state index in [0.717, 1.165) is 49.1 Å². The predicted octanol–water partition coefficient (Wildman–Crippen LogP) is 2.61.